The molecule has 3 heteroatoms. The molecule has 0 aliphatic rings. The average Bonchev–Trinajstić information content (AvgIpc) is 2.40. The number of benzene rings is 1. The van der Waals surface area contributed by atoms with Gasteiger partial charge in [0.1, 0.15) is 0 Å². The number of hydrogen-bond donors (Lipinski definition) is 2. The largest absolute Gasteiger partial charge is 0.392 e. The minimum absolute atomic E-state index is 0.313. The second-order valence-electron chi connectivity index (χ2n) is 4.42. The first-order chi connectivity index (χ1) is 8.75. The summed E-state index contributed by atoms with van der Waals surface area (Å²) in [6.45, 7) is 3.15. The Morgan fingerprint density at radius 1 is 1.22 bits per heavy atom. The van der Waals surface area contributed by atoms with E-state index in [0.717, 1.165) is 12.1 Å². The van der Waals surface area contributed by atoms with E-state index < -0.39 is 0 Å². The SMILES string of the molecule is CC(O)CNCc1cccc(-c2cccnc2)c1. The number of aromatic nitrogens is 1. The molecule has 18 heavy (non-hydrogen) atoms. The lowest BCUT2D eigenvalue weighted by Crippen LogP contribution is -2.23. The number of aliphatic hydroxyl groups excluding tert-OH is 1. The summed E-state index contributed by atoms with van der Waals surface area (Å²) in [6.07, 6.45) is 3.33. The highest BCUT2D eigenvalue weighted by Gasteiger charge is 2.00. The Bertz CT molecular complexity index is 483. The molecule has 2 rings (SSSR count). The first kappa shape index (κ1) is 12.7. The van der Waals surface area contributed by atoms with Crippen molar-refractivity contribution in [2.24, 2.45) is 0 Å². The Morgan fingerprint density at radius 3 is 2.78 bits per heavy atom. The zero-order chi connectivity index (χ0) is 12.8. The number of pyridine rings is 1. The van der Waals surface area contributed by atoms with Crippen molar-refractivity contribution in [2.45, 2.75) is 19.6 Å². The van der Waals surface area contributed by atoms with Crippen LogP contribution in [0.15, 0.2) is 48.8 Å². The summed E-state index contributed by atoms with van der Waals surface area (Å²) >= 11 is 0. The van der Waals surface area contributed by atoms with Gasteiger partial charge in [-0.3, -0.25) is 4.98 Å². The van der Waals surface area contributed by atoms with E-state index in [1.165, 1.54) is 11.1 Å². The van der Waals surface area contributed by atoms with Gasteiger partial charge in [-0.05, 0) is 35.7 Å². The topological polar surface area (TPSA) is 45.1 Å². The van der Waals surface area contributed by atoms with E-state index in [4.69, 9.17) is 0 Å². The summed E-state index contributed by atoms with van der Waals surface area (Å²) in [5.41, 5.74) is 3.49. The van der Waals surface area contributed by atoms with E-state index in [0.29, 0.717) is 6.54 Å². The zero-order valence-corrected chi connectivity index (χ0v) is 10.5. The maximum Gasteiger partial charge on any atom is 0.0636 e. The summed E-state index contributed by atoms with van der Waals surface area (Å²) in [5.74, 6) is 0. The second-order valence-corrected chi connectivity index (χ2v) is 4.42. The Kier molecular flexibility index (Phi) is 4.45. The van der Waals surface area contributed by atoms with E-state index in [9.17, 15) is 5.11 Å². The fraction of sp³-hybridized carbons (Fsp3) is 0.267. The maximum absolute atomic E-state index is 9.19. The van der Waals surface area contributed by atoms with Crippen LogP contribution in [0.1, 0.15) is 12.5 Å². The molecule has 0 radical (unpaired) electrons. The van der Waals surface area contributed by atoms with Gasteiger partial charge in [0.25, 0.3) is 0 Å². The summed E-state index contributed by atoms with van der Waals surface area (Å²) in [7, 11) is 0. The number of rotatable bonds is 5. The van der Waals surface area contributed by atoms with E-state index >= 15 is 0 Å². The molecule has 2 N–H and O–H groups in total. The van der Waals surface area contributed by atoms with E-state index in [-0.39, 0.29) is 6.10 Å². The molecular formula is C15H18N2O. The standard InChI is InChI=1S/C15H18N2O/c1-12(18)9-17-10-13-4-2-5-14(8-13)15-6-3-7-16-11-15/h2-8,11-12,17-18H,9-10H2,1H3. The molecule has 0 saturated heterocycles. The fourth-order valence-corrected chi connectivity index (χ4v) is 1.82. The van der Waals surface area contributed by atoms with Gasteiger partial charge in [0, 0.05) is 25.5 Å². The first-order valence-electron chi connectivity index (χ1n) is 6.14. The minimum atomic E-state index is -0.313. The highest BCUT2D eigenvalue weighted by molar-refractivity contribution is 5.62. The summed E-state index contributed by atoms with van der Waals surface area (Å²) in [5, 5.41) is 12.4. The zero-order valence-electron chi connectivity index (χ0n) is 10.5. The van der Waals surface area contributed by atoms with Crippen molar-refractivity contribution >= 4 is 0 Å². The summed E-state index contributed by atoms with van der Waals surface area (Å²) in [6, 6.07) is 12.3. The van der Waals surface area contributed by atoms with Crippen LogP contribution in [0, 0.1) is 0 Å². The molecule has 0 spiro atoms. The minimum Gasteiger partial charge on any atom is -0.392 e. The van der Waals surface area contributed by atoms with Gasteiger partial charge < -0.3 is 10.4 Å². The average molecular weight is 242 g/mol. The number of aliphatic hydroxyl groups is 1. The number of hydrogen-bond acceptors (Lipinski definition) is 3. The highest BCUT2D eigenvalue weighted by Crippen LogP contribution is 2.18. The van der Waals surface area contributed by atoms with Crippen molar-refractivity contribution in [2.75, 3.05) is 6.54 Å². The van der Waals surface area contributed by atoms with Crippen LogP contribution in [0.3, 0.4) is 0 Å². The quantitative estimate of drug-likeness (QED) is 0.845. The van der Waals surface area contributed by atoms with Crippen LogP contribution in [0.25, 0.3) is 11.1 Å². The first-order valence-corrected chi connectivity index (χ1v) is 6.14. The molecule has 0 aliphatic heterocycles. The maximum atomic E-state index is 9.19. The van der Waals surface area contributed by atoms with Crippen molar-refractivity contribution in [1.29, 1.82) is 0 Å². The predicted molar refractivity (Wildman–Crippen MR) is 73.1 cm³/mol. The van der Waals surface area contributed by atoms with Gasteiger partial charge >= 0.3 is 0 Å². The molecular weight excluding hydrogens is 224 g/mol. The van der Waals surface area contributed by atoms with Crippen molar-refractivity contribution in [3.8, 4) is 11.1 Å². The molecule has 1 heterocycles. The molecule has 0 bridgehead atoms. The Labute approximate surface area is 108 Å². The molecule has 1 aromatic carbocycles. The summed E-state index contributed by atoms with van der Waals surface area (Å²) in [4.78, 5) is 4.13. The van der Waals surface area contributed by atoms with Crippen molar-refractivity contribution in [3.63, 3.8) is 0 Å². The van der Waals surface area contributed by atoms with Crippen LogP contribution >= 0.6 is 0 Å². The monoisotopic (exact) mass is 242 g/mol. The van der Waals surface area contributed by atoms with Gasteiger partial charge in [-0.15, -0.1) is 0 Å². The van der Waals surface area contributed by atoms with Gasteiger partial charge in [-0.25, -0.2) is 0 Å². The van der Waals surface area contributed by atoms with Crippen LogP contribution < -0.4 is 5.32 Å². The van der Waals surface area contributed by atoms with Crippen LogP contribution in [-0.2, 0) is 6.54 Å². The van der Waals surface area contributed by atoms with Gasteiger partial charge in [-0.2, -0.15) is 0 Å². The van der Waals surface area contributed by atoms with Crippen LogP contribution in [0.2, 0.25) is 0 Å². The van der Waals surface area contributed by atoms with Gasteiger partial charge in [-0.1, -0.05) is 24.3 Å². The van der Waals surface area contributed by atoms with Crippen LogP contribution in [-0.4, -0.2) is 22.7 Å². The number of nitrogens with zero attached hydrogens (tertiary/aromatic N) is 1. The smallest absolute Gasteiger partial charge is 0.0636 e. The lowest BCUT2D eigenvalue weighted by Gasteiger charge is -2.08. The molecule has 0 saturated carbocycles. The third-order valence-electron chi connectivity index (χ3n) is 2.69. The van der Waals surface area contributed by atoms with Gasteiger partial charge in [0.15, 0.2) is 0 Å². The second kappa shape index (κ2) is 6.28. The lowest BCUT2D eigenvalue weighted by molar-refractivity contribution is 0.191. The molecule has 0 aliphatic carbocycles. The van der Waals surface area contributed by atoms with E-state index in [1.54, 1.807) is 13.1 Å². The molecule has 0 amide bonds. The van der Waals surface area contributed by atoms with Gasteiger partial charge in [0.05, 0.1) is 6.10 Å². The van der Waals surface area contributed by atoms with Crippen LogP contribution in [0.4, 0.5) is 0 Å². The lowest BCUT2D eigenvalue weighted by atomic mass is 10.0. The molecule has 3 nitrogen and oxygen atoms in total. The highest BCUT2D eigenvalue weighted by atomic mass is 16.3. The van der Waals surface area contributed by atoms with Gasteiger partial charge in [0.2, 0.25) is 0 Å². The van der Waals surface area contributed by atoms with Crippen molar-refractivity contribution in [3.05, 3.63) is 54.4 Å². The van der Waals surface area contributed by atoms with Crippen molar-refractivity contribution in [1.82, 2.24) is 10.3 Å². The van der Waals surface area contributed by atoms with E-state index in [2.05, 4.69) is 34.6 Å². The van der Waals surface area contributed by atoms with E-state index in [1.807, 2.05) is 18.3 Å². The Hall–Kier alpha value is -1.71. The molecule has 94 valence electrons. The molecule has 1 aromatic heterocycles. The summed E-state index contributed by atoms with van der Waals surface area (Å²) < 4.78 is 0. The van der Waals surface area contributed by atoms with Crippen molar-refractivity contribution < 1.29 is 5.11 Å². The predicted octanol–water partition coefficient (Wildman–Crippen LogP) is 2.22. The third-order valence-corrected chi connectivity index (χ3v) is 2.69. The molecule has 1 atom stereocenters. The molecule has 2 aromatic rings. The Morgan fingerprint density at radius 2 is 2.06 bits per heavy atom. The Balaban J connectivity index is 2.06. The molecule has 0 fully saturated rings. The normalized spacial score (nSPS) is 12.3. The number of nitrogens with one attached hydrogen (secondary N) is 1. The molecule has 1 unspecified atom stereocenters. The fourth-order valence-electron chi connectivity index (χ4n) is 1.82. The van der Waals surface area contributed by atoms with Crippen LogP contribution in [0.5, 0.6) is 0 Å². The third kappa shape index (κ3) is 3.65.